The van der Waals surface area contributed by atoms with E-state index >= 15 is 0 Å². The van der Waals surface area contributed by atoms with Crippen LogP contribution in [0, 0.1) is 13.8 Å². The fraction of sp³-hybridized carbons (Fsp3) is 0.222. The Morgan fingerprint density at radius 1 is 1.17 bits per heavy atom. The number of hydrogen-bond donors (Lipinski definition) is 1. The Morgan fingerprint density at radius 2 is 1.79 bits per heavy atom. The molecular weight excluding hydrogens is 328 g/mol. The van der Waals surface area contributed by atoms with E-state index in [1.165, 1.54) is 0 Å². The van der Waals surface area contributed by atoms with Crippen LogP contribution in [0.25, 0.3) is 0 Å². The zero-order valence-corrected chi connectivity index (χ0v) is 14.6. The maximum Gasteiger partial charge on any atom is 0.277 e. The number of methoxy groups -OCH3 is 1. The van der Waals surface area contributed by atoms with Crippen LogP contribution in [0.15, 0.2) is 41.5 Å². The van der Waals surface area contributed by atoms with Crippen LogP contribution in [0.2, 0.25) is 5.02 Å². The lowest BCUT2D eigenvalue weighted by atomic mass is 10.1. The summed E-state index contributed by atoms with van der Waals surface area (Å²) in [5, 5.41) is 4.60. The lowest BCUT2D eigenvalue weighted by molar-refractivity contribution is -0.123. The number of nitrogens with zero attached hydrogens (tertiary/aromatic N) is 1. The SMILES string of the molecule is COc1ccc(C=NNC(=O)COc2cc(C)c(Cl)c(C)c2)cc1. The number of aryl methyl sites for hydroxylation is 2. The van der Waals surface area contributed by atoms with E-state index in [-0.39, 0.29) is 12.5 Å². The summed E-state index contributed by atoms with van der Waals surface area (Å²) in [7, 11) is 1.60. The van der Waals surface area contributed by atoms with Gasteiger partial charge in [-0.1, -0.05) is 11.6 Å². The Labute approximate surface area is 146 Å². The Kier molecular flexibility index (Phi) is 6.21. The highest BCUT2D eigenvalue weighted by atomic mass is 35.5. The second kappa shape index (κ2) is 8.36. The van der Waals surface area contributed by atoms with Gasteiger partial charge in [0.05, 0.1) is 13.3 Å². The molecule has 0 fully saturated rings. The molecule has 0 spiro atoms. The molecule has 0 aliphatic rings. The molecule has 2 aromatic carbocycles. The first-order valence-electron chi connectivity index (χ1n) is 7.35. The Morgan fingerprint density at radius 3 is 2.38 bits per heavy atom. The molecule has 126 valence electrons. The second-order valence-electron chi connectivity index (χ2n) is 5.23. The Balaban J connectivity index is 1.83. The minimum Gasteiger partial charge on any atom is -0.497 e. The summed E-state index contributed by atoms with van der Waals surface area (Å²) < 4.78 is 10.5. The van der Waals surface area contributed by atoms with Crippen molar-refractivity contribution in [1.29, 1.82) is 0 Å². The van der Waals surface area contributed by atoms with Gasteiger partial charge in [0.1, 0.15) is 11.5 Å². The van der Waals surface area contributed by atoms with Gasteiger partial charge >= 0.3 is 0 Å². The van der Waals surface area contributed by atoms with Gasteiger partial charge in [-0.25, -0.2) is 5.43 Å². The van der Waals surface area contributed by atoms with Gasteiger partial charge in [0.2, 0.25) is 0 Å². The standard InChI is InChI=1S/C18H19ClN2O3/c1-12-8-16(9-13(2)18(12)19)24-11-17(22)21-20-10-14-4-6-15(23-3)7-5-14/h4-10H,11H2,1-3H3,(H,21,22). The van der Waals surface area contributed by atoms with Gasteiger partial charge in [0.25, 0.3) is 5.91 Å². The van der Waals surface area contributed by atoms with Crippen LogP contribution >= 0.6 is 11.6 Å². The molecule has 0 saturated carbocycles. The number of carbonyl (C=O) groups excluding carboxylic acids is 1. The number of nitrogens with one attached hydrogen (secondary N) is 1. The van der Waals surface area contributed by atoms with Crippen molar-refractivity contribution in [1.82, 2.24) is 5.43 Å². The van der Waals surface area contributed by atoms with Gasteiger partial charge < -0.3 is 9.47 Å². The van der Waals surface area contributed by atoms with Crippen molar-refractivity contribution in [3.05, 3.63) is 58.1 Å². The molecule has 2 rings (SSSR count). The van der Waals surface area contributed by atoms with E-state index in [0.29, 0.717) is 10.8 Å². The first-order chi connectivity index (χ1) is 11.5. The highest BCUT2D eigenvalue weighted by molar-refractivity contribution is 6.32. The molecule has 6 heteroatoms. The molecule has 1 amide bonds. The number of ether oxygens (including phenoxy) is 2. The van der Waals surface area contributed by atoms with Gasteiger partial charge in [0.15, 0.2) is 6.61 Å². The number of rotatable bonds is 6. The van der Waals surface area contributed by atoms with Crippen molar-refractivity contribution in [2.75, 3.05) is 13.7 Å². The summed E-state index contributed by atoms with van der Waals surface area (Å²) in [5.41, 5.74) is 5.08. The molecule has 0 aromatic heterocycles. The number of benzene rings is 2. The Hall–Kier alpha value is -2.53. The molecule has 24 heavy (non-hydrogen) atoms. The highest BCUT2D eigenvalue weighted by Crippen LogP contribution is 2.25. The van der Waals surface area contributed by atoms with Gasteiger partial charge in [-0.3, -0.25) is 4.79 Å². The van der Waals surface area contributed by atoms with Crippen LogP contribution in [-0.4, -0.2) is 25.8 Å². The molecule has 0 radical (unpaired) electrons. The van der Waals surface area contributed by atoms with Crippen LogP contribution in [0.1, 0.15) is 16.7 Å². The fourth-order valence-electron chi connectivity index (χ4n) is 2.04. The van der Waals surface area contributed by atoms with Crippen molar-refractivity contribution >= 4 is 23.7 Å². The topological polar surface area (TPSA) is 59.9 Å². The van der Waals surface area contributed by atoms with E-state index in [2.05, 4.69) is 10.5 Å². The van der Waals surface area contributed by atoms with Gasteiger partial charge in [-0.05, 0) is 66.9 Å². The van der Waals surface area contributed by atoms with E-state index in [9.17, 15) is 4.79 Å². The van der Waals surface area contributed by atoms with Gasteiger partial charge in [0, 0.05) is 5.02 Å². The summed E-state index contributed by atoms with van der Waals surface area (Å²) in [4.78, 5) is 11.7. The maximum atomic E-state index is 11.7. The van der Waals surface area contributed by atoms with Crippen LogP contribution in [-0.2, 0) is 4.79 Å². The van der Waals surface area contributed by atoms with E-state index in [1.54, 1.807) is 25.5 Å². The molecule has 0 aliphatic heterocycles. The molecular formula is C18H19ClN2O3. The fourth-order valence-corrected chi connectivity index (χ4v) is 2.15. The average molecular weight is 347 g/mol. The van der Waals surface area contributed by atoms with Crippen molar-refractivity contribution in [2.24, 2.45) is 5.10 Å². The van der Waals surface area contributed by atoms with Crippen molar-refractivity contribution in [3.8, 4) is 11.5 Å². The summed E-state index contributed by atoms with van der Waals surface area (Å²) in [6, 6.07) is 10.9. The summed E-state index contributed by atoms with van der Waals surface area (Å²) in [5.74, 6) is 1.02. The van der Waals surface area contributed by atoms with E-state index < -0.39 is 0 Å². The molecule has 0 aliphatic carbocycles. The third-order valence-corrected chi connectivity index (χ3v) is 3.89. The molecule has 0 heterocycles. The average Bonchev–Trinajstić information content (AvgIpc) is 2.58. The van der Waals surface area contributed by atoms with Crippen molar-refractivity contribution in [2.45, 2.75) is 13.8 Å². The third kappa shape index (κ3) is 4.99. The Bertz CT molecular complexity index is 719. The molecule has 0 unspecified atom stereocenters. The third-order valence-electron chi connectivity index (χ3n) is 3.30. The van der Waals surface area contributed by atoms with Gasteiger partial charge in [-0.2, -0.15) is 5.10 Å². The summed E-state index contributed by atoms with van der Waals surface area (Å²) in [6.45, 7) is 3.66. The minimum atomic E-state index is -0.343. The largest absolute Gasteiger partial charge is 0.497 e. The zero-order valence-electron chi connectivity index (χ0n) is 13.8. The smallest absolute Gasteiger partial charge is 0.277 e. The molecule has 5 nitrogen and oxygen atoms in total. The second-order valence-corrected chi connectivity index (χ2v) is 5.60. The predicted molar refractivity (Wildman–Crippen MR) is 95.2 cm³/mol. The summed E-state index contributed by atoms with van der Waals surface area (Å²) in [6.07, 6.45) is 1.55. The molecule has 1 N–H and O–H groups in total. The molecule has 0 atom stereocenters. The monoisotopic (exact) mass is 346 g/mol. The van der Waals surface area contributed by atoms with Crippen molar-refractivity contribution in [3.63, 3.8) is 0 Å². The van der Waals surface area contributed by atoms with E-state index in [4.69, 9.17) is 21.1 Å². The number of hydrazone groups is 1. The maximum absolute atomic E-state index is 11.7. The molecule has 0 bridgehead atoms. The summed E-state index contributed by atoms with van der Waals surface area (Å²) >= 11 is 6.10. The first kappa shape index (κ1) is 17.8. The first-order valence-corrected chi connectivity index (χ1v) is 7.73. The van der Waals surface area contributed by atoms with Gasteiger partial charge in [-0.15, -0.1) is 0 Å². The quantitative estimate of drug-likeness (QED) is 0.643. The lowest BCUT2D eigenvalue weighted by Crippen LogP contribution is -2.24. The molecule has 2 aromatic rings. The van der Waals surface area contributed by atoms with Crippen molar-refractivity contribution < 1.29 is 14.3 Å². The van der Waals surface area contributed by atoms with Crippen LogP contribution in [0.5, 0.6) is 11.5 Å². The zero-order chi connectivity index (χ0) is 17.5. The van der Waals surface area contributed by atoms with Crippen LogP contribution in [0.4, 0.5) is 0 Å². The normalized spacial score (nSPS) is 10.7. The van der Waals surface area contributed by atoms with Crippen LogP contribution in [0.3, 0.4) is 0 Å². The highest BCUT2D eigenvalue weighted by Gasteiger charge is 2.06. The molecule has 0 saturated heterocycles. The number of hydrogen-bond acceptors (Lipinski definition) is 4. The number of halogens is 1. The number of amides is 1. The predicted octanol–water partition coefficient (Wildman–Crippen LogP) is 3.49. The van der Waals surface area contributed by atoms with E-state index in [1.807, 2.05) is 38.1 Å². The lowest BCUT2D eigenvalue weighted by Gasteiger charge is -2.09. The minimum absolute atomic E-state index is 0.125. The van der Waals surface area contributed by atoms with E-state index in [0.717, 1.165) is 22.4 Å². The number of carbonyl (C=O) groups is 1. The van der Waals surface area contributed by atoms with Crippen LogP contribution < -0.4 is 14.9 Å².